The Balaban J connectivity index is 2.11. The van der Waals surface area contributed by atoms with Crippen molar-refractivity contribution < 1.29 is 17.7 Å². The van der Waals surface area contributed by atoms with Crippen LogP contribution in [0, 0.1) is 0 Å². The lowest BCUT2D eigenvalue weighted by Gasteiger charge is -2.26. The topological polar surface area (TPSA) is 54.2 Å². The van der Waals surface area contributed by atoms with Gasteiger partial charge in [0.2, 0.25) is 5.89 Å². The van der Waals surface area contributed by atoms with Crippen LogP contribution in [0.15, 0.2) is 4.52 Å². The summed E-state index contributed by atoms with van der Waals surface area (Å²) in [7, 11) is 0. The molecule has 0 aliphatic carbocycles. The highest BCUT2D eigenvalue weighted by atomic mass is 19.4. The van der Waals surface area contributed by atoms with Crippen LogP contribution in [-0.2, 0) is 11.8 Å². The van der Waals surface area contributed by atoms with Gasteiger partial charge in [-0.05, 0) is 26.1 Å². The minimum atomic E-state index is -4.39. The Labute approximate surface area is 121 Å². The van der Waals surface area contributed by atoms with Crippen molar-refractivity contribution in [3.8, 4) is 0 Å². The van der Waals surface area contributed by atoms with Gasteiger partial charge in [-0.15, -0.1) is 0 Å². The van der Waals surface area contributed by atoms with Crippen LogP contribution in [0.3, 0.4) is 0 Å². The zero-order valence-corrected chi connectivity index (χ0v) is 12.3. The molecule has 0 radical (unpaired) electrons. The first kappa shape index (κ1) is 16.2. The van der Waals surface area contributed by atoms with Crippen molar-refractivity contribution in [2.24, 2.45) is 0 Å². The molecule has 120 valence electrons. The molecule has 1 aliphatic rings. The molecule has 21 heavy (non-hydrogen) atoms. The maximum absolute atomic E-state index is 13.4. The summed E-state index contributed by atoms with van der Waals surface area (Å²) in [6.07, 6.45) is -3.96. The number of halogens is 3. The Bertz CT molecular complexity index is 451. The Morgan fingerprint density at radius 1 is 1.33 bits per heavy atom. The zero-order valence-electron chi connectivity index (χ0n) is 12.3. The second-order valence-electron chi connectivity index (χ2n) is 5.30. The maximum Gasteiger partial charge on any atom is 0.404 e. The van der Waals surface area contributed by atoms with Gasteiger partial charge in [0.25, 0.3) is 0 Å². The normalized spacial score (nSPS) is 23.1. The number of likely N-dealkylation sites (N-methyl/N-ethyl adjacent to an activating group) is 1. The van der Waals surface area contributed by atoms with E-state index in [1.165, 1.54) is 0 Å². The van der Waals surface area contributed by atoms with Crippen molar-refractivity contribution in [2.75, 3.05) is 32.7 Å². The molecular formula is C13H21F3N4O. The summed E-state index contributed by atoms with van der Waals surface area (Å²) in [5, 5.41) is 6.46. The van der Waals surface area contributed by atoms with E-state index in [0.717, 1.165) is 13.1 Å². The van der Waals surface area contributed by atoms with Crippen LogP contribution in [-0.4, -0.2) is 53.9 Å². The molecular weight excluding hydrogens is 285 g/mol. The van der Waals surface area contributed by atoms with E-state index in [1.54, 1.807) is 0 Å². The second-order valence-corrected chi connectivity index (χ2v) is 5.30. The van der Waals surface area contributed by atoms with Gasteiger partial charge in [0.05, 0.1) is 0 Å². The lowest BCUT2D eigenvalue weighted by Crippen LogP contribution is -2.44. The summed E-state index contributed by atoms with van der Waals surface area (Å²) in [4.78, 5) is 6.17. The summed E-state index contributed by atoms with van der Waals surface area (Å²) in [5.41, 5.74) is -2.03. The standard InChI is InChI=1S/C13H21F3N4O/c1-3-20(4-2)8-5-10-18-11(21-19-10)12(13(14,15)16)6-7-17-9-12/h17H,3-9H2,1-2H3. The largest absolute Gasteiger partial charge is 0.404 e. The van der Waals surface area contributed by atoms with Crippen molar-refractivity contribution in [1.29, 1.82) is 0 Å². The van der Waals surface area contributed by atoms with E-state index in [-0.39, 0.29) is 18.9 Å². The molecule has 2 rings (SSSR count). The molecule has 8 heteroatoms. The Morgan fingerprint density at radius 3 is 2.57 bits per heavy atom. The lowest BCUT2D eigenvalue weighted by molar-refractivity contribution is -0.191. The summed E-state index contributed by atoms with van der Waals surface area (Å²) in [5.74, 6) is 0.0296. The van der Waals surface area contributed by atoms with Crippen LogP contribution in [0.5, 0.6) is 0 Å². The number of alkyl halides is 3. The highest BCUT2D eigenvalue weighted by Gasteiger charge is 2.61. The number of aromatic nitrogens is 2. The molecule has 1 N–H and O–H groups in total. The van der Waals surface area contributed by atoms with Crippen molar-refractivity contribution in [3.05, 3.63) is 11.7 Å². The number of nitrogens with one attached hydrogen (secondary N) is 1. The van der Waals surface area contributed by atoms with Gasteiger partial charge < -0.3 is 14.7 Å². The molecule has 0 spiro atoms. The van der Waals surface area contributed by atoms with E-state index in [1.807, 2.05) is 13.8 Å². The molecule has 0 amide bonds. The molecule has 5 nitrogen and oxygen atoms in total. The van der Waals surface area contributed by atoms with E-state index in [2.05, 4.69) is 20.4 Å². The molecule has 1 aliphatic heterocycles. The van der Waals surface area contributed by atoms with Gasteiger partial charge in [0, 0.05) is 19.5 Å². The Kier molecular flexibility index (Phi) is 4.88. The summed E-state index contributed by atoms with van der Waals surface area (Å²) >= 11 is 0. The van der Waals surface area contributed by atoms with Crippen molar-refractivity contribution >= 4 is 0 Å². The van der Waals surface area contributed by atoms with Crippen molar-refractivity contribution in [1.82, 2.24) is 20.4 Å². The lowest BCUT2D eigenvalue weighted by atomic mass is 9.86. The highest BCUT2D eigenvalue weighted by molar-refractivity contribution is 5.14. The molecule has 1 fully saturated rings. The molecule has 1 aromatic heterocycles. The Hall–Kier alpha value is -1.15. The van der Waals surface area contributed by atoms with E-state index in [0.29, 0.717) is 25.3 Å². The summed E-state index contributed by atoms with van der Waals surface area (Å²) < 4.78 is 45.0. The number of hydrogen-bond donors (Lipinski definition) is 1. The number of hydrogen-bond acceptors (Lipinski definition) is 5. The average molecular weight is 306 g/mol. The minimum absolute atomic E-state index is 0.0613. The SMILES string of the molecule is CCN(CC)CCc1noc(C2(C(F)(F)F)CCNC2)n1. The predicted molar refractivity (Wildman–Crippen MR) is 71.0 cm³/mol. The van der Waals surface area contributed by atoms with E-state index in [4.69, 9.17) is 4.52 Å². The molecule has 0 bridgehead atoms. The monoisotopic (exact) mass is 306 g/mol. The molecule has 0 saturated carbocycles. The van der Waals surface area contributed by atoms with Gasteiger partial charge in [-0.3, -0.25) is 0 Å². The first-order valence-electron chi connectivity index (χ1n) is 7.26. The second kappa shape index (κ2) is 6.31. The first-order valence-corrected chi connectivity index (χ1v) is 7.26. The van der Waals surface area contributed by atoms with Crippen molar-refractivity contribution in [2.45, 2.75) is 38.3 Å². The quantitative estimate of drug-likeness (QED) is 0.868. The fraction of sp³-hybridized carbons (Fsp3) is 0.846. The van der Waals surface area contributed by atoms with Gasteiger partial charge in [-0.2, -0.15) is 18.2 Å². The van der Waals surface area contributed by atoms with E-state index < -0.39 is 11.6 Å². The van der Waals surface area contributed by atoms with Crippen LogP contribution in [0.2, 0.25) is 0 Å². The van der Waals surface area contributed by atoms with Crippen molar-refractivity contribution in [3.63, 3.8) is 0 Å². The van der Waals surface area contributed by atoms with Gasteiger partial charge in [0.15, 0.2) is 11.2 Å². The molecule has 2 heterocycles. The Morgan fingerprint density at radius 2 is 2.05 bits per heavy atom. The molecule has 1 atom stereocenters. The van der Waals surface area contributed by atoms with Crippen LogP contribution in [0.1, 0.15) is 32.0 Å². The fourth-order valence-electron chi connectivity index (χ4n) is 2.59. The average Bonchev–Trinajstić information content (AvgIpc) is 3.08. The van der Waals surface area contributed by atoms with Gasteiger partial charge >= 0.3 is 6.18 Å². The van der Waals surface area contributed by atoms with Gasteiger partial charge in [-0.25, -0.2) is 0 Å². The van der Waals surface area contributed by atoms with E-state index in [9.17, 15) is 13.2 Å². The van der Waals surface area contributed by atoms with Gasteiger partial charge in [-0.1, -0.05) is 19.0 Å². The minimum Gasteiger partial charge on any atom is -0.338 e. The van der Waals surface area contributed by atoms with Crippen LogP contribution >= 0.6 is 0 Å². The predicted octanol–water partition coefficient (Wildman–Crippen LogP) is 1.75. The third-order valence-electron chi connectivity index (χ3n) is 4.12. The summed E-state index contributed by atoms with van der Waals surface area (Å²) in [6.45, 7) is 6.66. The van der Waals surface area contributed by atoms with Crippen LogP contribution in [0.4, 0.5) is 13.2 Å². The van der Waals surface area contributed by atoms with E-state index >= 15 is 0 Å². The smallest absolute Gasteiger partial charge is 0.338 e. The molecule has 1 unspecified atom stereocenters. The molecule has 1 saturated heterocycles. The number of rotatable bonds is 6. The fourth-order valence-corrected chi connectivity index (χ4v) is 2.59. The third-order valence-corrected chi connectivity index (χ3v) is 4.12. The maximum atomic E-state index is 13.4. The molecule has 0 aromatic carbocycles. The molecule has 1 aromatic rings. The zero-order chi connectivity index (χ0) is 15.5. The van der Waals surface area contributed by atoms with Gasteiger partial charge in [0.1, 0.15) is 0 Å². The van der Waals surface area contributed by atoms with Crippen LogP contribution in [0.25, 0.3) is 0 Å². The first-order chi connectivity index (χ1) is 9.93. The summed E-state index contributed by atoms with van der Waals surface area (Å²) in [6, 6.07) is 0. The highest BCUT2D eigenvalue weighted by Crippen LogP contribution is 2.44. The van der Waals surface area contributed by atoms with Crippen LogP contribution < -0.4 is 5.32 Å². The third kappa shape index (κ3) is 3.21. The number of nitrogens with zero attached hydrogens (tertiary/aromatic N) is 3.